The Morgan fingerprint density at radius 3 is 2.86 bits per heavy atom. The van der Waals surface area contributed by atoms with Crippen LogP contribution < -0.4 is 4.90 Å². The molecule has 2 aromatic rings. The van der Waals surface area contributed by atoms with Crippen LogP contribution in [0.5, 0.6) is 0 Å². The summed E-state index contributed by atoms with van der Waals surface area (Å²) >= 11 is 6.06. The molecule has 0 radical (unpaired) electrons. The molecular weight excluding hydrogens is 383 g/mol. The molecule has 148 valence electrons. The molecule has 3 heterocycles. The van der Waals surface area contributed by atoms with Crippen LogP contribution in [0, 0.1) is 5.82 Å². The molecule has 1 amide bonds. The van der Waals surface area contributed by atoms with Crippen LogP contribution in [-0.4, -0.2) is 53.6 Å². The lowest BCUT2D eigenvalue weighted by Crippen LogP contribution is -2.39. The molecule has 0 N–H and O–H groups in total. The number of ether oxygens (including phenoxy) is 1. The highest BCUT2D eigenvalue weighted by molar-refractivity contribution is 6.31. The van der Waals surface area contributed by atoms with Gasteiger partial charge in [-0.25, -0.2) is 14.4 Å². The number of aromatic nitrogens is 2. The molecule has 8 heteroatoms. The van der Waals surface area contributed by atoms with Gasteiger partial charge in [0.15, 0.2) is 0 Å². The van der Waals surface area contributed by atoms with E-state index < -0.39 is 0 Å². The molecule has 1 saturated heterocycles. The molecule has 6 nitrogen and oxygen atoms in total. The van der Waals surface area contributed by atoms with E-state index >= 15 is 0 Å². The summed E-state index contributed by atoms with van der Waals surface area (Å²) < 4.78 is 19.3. The van der Waals surface area contributed by atoms with Gasteiger partial charge in [0, 0.05) is 42.8 Å². The van der Waals surface area contributed by atoms with Gasteiger partial charge < -0.3 is 14.5 Å². The Morgan fingerprint density at radius 1 is 1.25 bits per heavy atom. The number of fused-ring (bicyclic) bond motifs is 1. The summed E-state index contributed by atoms with van der Waals surface area (Å²) in [6.45, 7) is 3.96. The highest BCUT2D eigenvalue weighted by Crippen LogP contribution is 2.23. The first-order valence-corrected chi connectivity index (χ1v) is 9.88. The van der Waals surface area contributed by atoms with Crippen molar-refractivity contribution in [3.05, 3.63) is 52.1 Å². The van der Waals surface area contributed by atoms with Crippen LogP contribution >= 0.6 is 11.6 Å². The van der Waals surface area contributed by atoms with Crippen LogP contribution in [0.15, 0.2) is 24.4 Å². The number of amides is 1. The molecule has 0 spiro atoms. The summed E-state index contributed by atoms with van der Waals surface area (Å²) in [6.07, 6.45) is 3.10. The van der Waals surface area contributed by atoms with Crippen LogP contribution in [0.2, 0.25) is 5.02 Å². The van der Waals surface area contributed by atoms with Crippen LogP contribution in [0.3, 0.4) is 0 Å². The lowest BCUT2D eigenvalue weighted by molar-refractivity contribution is -0.132. The summed E-state index contributed by atoms with van der Waals surface area (Å²) in [5.74, 6) is 0.304. The smallest absolute Gasteiger partial charge is 0.225 e. The monoisotopic (exact) mass is 404 g/mol. The first kappa shape index (κ1) is 19.1. The van der Waals surface area contributed by atoms with Crippen molar-refractivity contribution in [2.45, 2.75) is 25.8 Å². The fraction of sp³-hybridized carbons (Fsp3) is 0.450. The van der Waals surface area contributed by atoms with Crippen molar-refractivity contribution in [1.29, 1.82) is 0 Å². The zero-order chi connectivity index (χ0) is 19.5. The van der Waals surface area contributed by atoms with E-state index in [9.17, 15) is 9.18 Å². The van der Waals surface area contributed by atoms with Crippen molar-refractivity contribution in [2.75, 3.05) is 37.7 Å². The minimum absolute atomic E-state index is 0.0171. The highest BCUT2D eigenvalue weighted by Gasteiger charge is 2.24. The molecule has 2 aliphatic heterocycles. The van der Waals surface area contributed by atoms with Gasteiger partial charge in [-0.05, 0) is 30.5 Å². The minimum atomic E-state index is -0.368. The molecule has 0 atom stereocenters. The van der Waals surface area contributed by atoms with Gasteiger partial charge in [-0.2, -0.15) is 0 Å². The molecule has 1 aromatic heterocycles. The Bertz CT molecular complexity index is 853. The third kappa shape index (κ3) is 4.10. The largest absolute Gasteiger partial charge is 0.378 e. The standard InChI is InChI=1S/C20H22ClFN4O2/c21-16-2-1-3-17(22)15(16)4-5-19(27)26-7-6-14-12-23-20(24-18(14)13-26)25-8-10-28-11-9-25/h1-3,12H,4-11,13H2. The van der Waals surface area contributed by atoms with E-state index in [0.717, 1.165) is 30.8 Å². The predicted octanol–water partition coefficient (Wildman–Crippen LogP) is 2.62. The summed E-state index contributed by atoms with van der Waals surface area (Å²) in [6, 6.07) is 4.58. The minimum Gasteiger partial charge on any atom is -0.378 e. The fourth-order valence-corrected chi connectivity index (χ4v) is 3.84. The van der Waals surface area contributed by atoms with Gasteiger partial charge >= 0.3 is 0 Å². The summed E-state index contributed by atoms with van der Waals surface area (Å²) in [5, 5.41) is 0.361. The summed E-state index contributed by atoms with van der Waals surface area (Å²) in [7, 11) is 0. The van der Waals surface area contributed by atoms with E-state index in [1.54, 1.807) is 17.0 Å². The van der Waals surface area contributed by atoms with E-state index in [1.807, 2.05) is 6.20 Å². The van der Waals surface area contributed by atoms with Crippen LogP contribution in [0.25, 0.3) is 0 Å². The molecule has 28 heavy (non-hydrogen) atoms. The Kier molecular flexibility index (Phi) is 5.73. The van der Waals surface area contributed by atoms with Crippen molar-refractivity contribution in [2.24, 2.45) is 0 Å². The molecule has 4 rings (SSSR count). The lowest BCUT2D eigenvalue weighted by atomic mass is 10.0. The zero-order valence-electron chi connectivity index (χ0n) is 15.5. The van der Waals surface area contributed by atoms with E-state index in [1.165, 1.54) is 6.07 Å². The third-order valence-corrected chi connectivity index (χ3v) is 5.58. The Hall–Kier alpha value is -2.25. The average Bonchev–Trinajstić information content (AvgIpc) is 2.73. The van der Waals surface area contributed by atoms with Crippen molar-refractivity contribution >= 4 is 23.5 Å². The number of hydrogen-bond donors (Lipinski definition) is 0. The van der Waals surface area contributed by atoms with Crippen LogP contribution in [-0.2, 0) is 28.9 Å². The number of hydrogen-bond acceptors (Lipinski definition) is 5. The SMILES string of the molecule is O=C(CCc1c(F)cccc1Cl)N1CCc2cnc(N3CCOCC3)nc2C1. The summed E-state index contributed by atoms with van der Waals surface area (Å²) in [5.41, 5.74) is 2.37. The third-order valence-electron chi connectivity index (χ3n) is 5.23. The van der Waals surface area contributed by atoms with Gasteiger partial charge in [0.2, 0.25) is 11.9 Å². The number of nitrogens with zero attached hydrogens (tertiary/aromatic N) is 4. The highest BCUT2D eigenvalue weighted by atomic mass is 35.5. The van der Waals surface area contributed by atoms with Gasteiger partial charge in [-0.3, -0.25) is 4.79 Å². The number of rotatable bonds is 4. The Balaban J connectivity index is 1.42. The number of benzene rings is 1. The average molecular weight is 405 g/mol. The second-order valence-corrected chi connectivity index (χ2v) is 7.41. The second-order valence-electron chi connectivity index (χ2n) is 7.01. The van der Waals surface area contributed by atoms with E-state index in [-0.39, 0.29) is 24.6 Å². The molecule has 2 aliphatic rings. The van der Waals surface area contributed by atoms with Gasteiger partial charge in [0.25, 0.3) is 0 Å². The summed E-state index contributed by atoms with van der Waals surface area (Å²) in [4.78, 5) is 25.7. The second kappa shape index (κ2) is 8.41. The van der Waals surface area contributed by atoms with Crippen LogP contribution in [0.4, 0.5) is 10.3 Å². The van der Waals surface area contributed by atoms with Gasteiger partial charge in [-0.1, -0.05) is 17.7 Å². The van der Waals surface area contributed by atoms with Gasteiger partial charge in [0.1, 0.15) is 5.82 Å². The van der Waals surface area contributed by atoms with Crippen molar-refractivity contribution < 1.29 is 13.9 Å². The lowest BCUT2D eigenvalue weighted by Gasteiger charge is -2.31. The molecule has 0 aliphatic carbocycles. The van der Waals surface area contributed by atoms with Crippen LogP contribution in [0.1, 0.15) is 23.2 Å². The Morgan fingerprint density at radius 2 is 2.07 bits per heavy atom. The molecule has 0 bridgehead atoms. The first-order chi connectivity index (χ1) is 13.6. The maximum absolute atomic E-state index is 13.9. The first-order valence-electron chi connectivity index (χ1n) is 9.50. The fourth-order valence-electron chi connectivity index (χ4n) is 3.58. The number of morpholine rings is 1. The molecule has 0 saturated carbocycles. The number of halogens is 2. The quantitative estimate of drug-likeness (QED) is 0.784. The number of carbonyl (C=O) groups is 1. The van der Waals surface area contributed by atoms with E-state index in [4.69, 9.17) is 21.3 Å². The molecule has 0 unspecified atom stereocenters. The number of carbonyl (C=O) groups excluding carboxylic acids is 1. The topological polar surface area (TPSA) is 58.6 Å². The predicted molar refractivity (Wildman–Crippen MR) is 104 cm³/mol. The van der Waals surface area contributed by atoms with Gasteiger partial charge in [-0.15, -0.1) is 0 Å². The zero-order valence-corrected chi connectivity index (χ0v) is 16.3. The number of anilines is 1. The van der Waals surface area contributed by atoms with Gasteiger partial charge in [0.05, 0.1) is 25.5 Å². The van der Waals surface area contributed by atoms with Crippen molar-refractivity contribution in [1.82, 2.24) is 14.9 Å². The van der Waals surface area contributed by atoms with E-state index in [2.05, 4.69) is 9.88 Å². The molecular formula is C20H22ClFN4O2. The maximum Gasteiger partial charge on any atom is 0.225 e. The van der Waals surface area contributed by atoms with E-state index in [0.29, 0.717) is 42.8 Å². The van der Waals surface area contributed by atoms with Crippen molar-refractivity contribution in [3.8, 4) is 0 Å². The molecule has 1 fully saturated rings. The van der Waals surface area contributed by atoms with Crippen molar-refractivity contribution in [3.63, 3.8) is 0 Å². The molecule has 1 aromatic carbocycles. The maximum atomic E-state index is 13.9. The Labute approximate surface area is 168 Å². The normalized spacial score (nSPS) is 16.8.